The molecule has 0 unspecified atom stereocenters. The van der Waals surface area contributed by atoms with Crippen molar-refractivity contribution in [2.75, 3.05) is 6.61 Å². The Labute approximate surface area is 161 Å². The number of rotatable bonds is 6. The summed E-state index contributed by atoms with van der Waals surface area (Å²) < 4.78 is 4.98. The van der Waals surface area contributed by atoms with Gasteiger partial charge >= 0.3 is 5.97 Å². The van der Waals surface area contributed by atoms with Gasteiger partial charge in [0, 0.05) is 20.6 Å². The highest BCUT2D eigenvalue weighted by molar-refractivity contribution is 6.36. The lowest BCUT2D eigenvalue weighted by Crippen LogP contribution is -2.31. The molecular formula is C18H16Cl3NO3. The molecule has 2 aromatic rings. The first-order chi connectivity index (χ1) is 11.9. The molecule has 0 aliphatic heterocycles. The summed E-state index contributed by atoms with van der Waals surface area (Å²) in [5.41, 5.74) is 1.37. The fraction of sp³-hybridized carbons (Fsp3) is 0.222. The Hall–Kier alpha value is -1.75. The lowest BCUT2D eigenvalue weighted by Gasteiger charge is -2.14. The molecule has 132 valence electrons. The molecule has 0 aromatic heterocycles. The monoisotopic (exact) mass is 399 g/mol. The van der Waals surface area contributed by atoms with Gasteiger partial charge in [0.25, 0.3) is 5.91 Å². The van der Waals surface area contributed by atoms with E-state index in [-0.39, 0.29) is 19.1 Å². The number of halogens is 3. The van der Waals surface area contributed by atoms with Crippen molar-refractivity contribution in [2.45, 2.75) is 19.4 Å². The molecule has 0 saturated heterocycles. The molecule has 1 amide bonds. The van der Waals surface area contributed by atoms with Gasteiger partial charge in [-0.1, -0.05) is 53.0 Å². The second-order valence-electron chi connectivity index (χ2n) is 5.38. The fourth-order valence-electron chi connectivity index (χ4n) is 2.16. The standard InChI is InChI=1S/C18H16Cl3NO3/c1-11(12-5-7-13(19)8-6-12)22-17(23)10-25-18(24)9-14-15(20)3-2-4-16(14)21/h2-8,11H,9-10H2,1H3,(H,22,23)/t11-/m0/s1. The number of ether oxygens (including phenoxy) is 1. The Bertz CT molecular complexity index is 742. The van der Waals surface area contributed by atoms with E-state index in [9.17, 15) is 9.59 Å². The highest BCUT2D eigenvalue weighted by Crippen LogP contribution is 2.24. The van der Waals surface area contributed by atoms with E-state index in [0.717, 1.165) is 5.56 Å². The van der Waals surface area contributed by atoms with Crippen LogP contribution in [0.4, 0.5) is 0 Å². The number of carbonyl (C=O) groups is 2. The molecule has 0 radical (unpaired) electrons. The predicted octanol–water partition coefficient (Wildman–Crippen LogP) is 4.61. The van der Waals surface area contributed by atoms with Crippen LogP contribution in [0.3, 0.4) is 0 Å². The molecule has 2 aromatic carbocycles. The van der Waals surface area contributed by atoms with E-state index in [1.807, 2.05) is 19.1 Å². The molecule has 0 aliphatic rings. The second kappa shape index (κ2) is 9.09. The Morgan fingerprint density at radius 3 is 2.24 bits per heavy atom. The van der Waals surface area contributed by atoms with Gasteiger partial charge in [0.05, 0.1) is 12.5 Å². The molecule has 4 nitrogen and oxygen atoms in total. The molecule has 1 N–H and O–H groups in total. The van der Waals surface area contributed by atoms with Gasteiger partial charge in [0.2, 0.25) is 0 Å². The van der Waals surface area contributed by atoms with Crippen LogP contribution in [-0.2, 0) is 20.7 Å². The first-order valence-corrected chi connectivity index (χ1v) is 8.63. The minimum absolute atomic E-state index is 0.0987. The molecule has 0 aliphatic carbocycles. The number of carbonyl (C=O) groups excluding carboxylic acids is 2. The Kier molecular flexibility index (Phi) is 7.12. The van der Waals surface area contributed by atoms with E-state index < -0.39 is 11.9 Å². The minimum atomic E-state index is -0.579. The molecule has 2 rings (SSSR count). The van der Waals surface area contributed by atoms with E-state index in [1.54, 1.807) is 30.3 Å². The van der Waals surface area contributed by atoms with Crippen molar-refractivity contribution >= 4 is 46.7 Å². The van der Waals surface area contributed by atoms with E-state index in [4.69, 9.17) is 39.5 Å². The molecule has 0 heterocycles. The van der Waals surface area contributed by atoms with E-state index in [2.05, 4.69) is 5.32 Å². The van der Waals surface area contributed by atoms with E-state index in [0.29, 0.717) is 20.6 Å². The highest BCUT2D eigenvalue weighted by atomic mass is 35.5. The number of hydrogen-bond donors (Lipinski definition) is 1. The van der Waals surface area contributed by atoms with Crippen molar-refractivity contribution < 1.29 is 14.3 Å². The van der Waals surface area contributed by atoms with Gasteiger partial charge in [-0.05, 0) is 36.8 Å². The quantitative estimate of drug-likeness (QED) is 0.720. The normalized spacial score (nSPS) is 11.7. The second-order valence-corrected chi connectivity index (χ2v) is 6.63. The van der Waals surface area contributed by atoms with Crippen molar-refractivity contribution in [2.24, 2.45) is 0 Å². The van der Waals surface area contributed by atoms with Gasteiger partial charge in [-0.2, -0.15) is 0 Å². The van der Waals surface area contributed by atoms with Gasteiger partial charge in [-0.3, -0.25) is 9.59 Å². The van der Waals surface area contributed by atoms with Gasteiger partial charge in [-0.25, -0.2) is 0 Å². The maximum atomic E-state index is 11.9. The first kappa shape index (κ1) is 19.6. The SMILES string of the molecule is C[C@H](NC(=O)COC(=O)Cc1c(Cl)cccc1Cl)c1ccc(Cl)cc1. The van der Waals surface area contributed by atoms with Crippen LogP contribution < -0.4 is 5.32 Å². The third-order valence-electron chi connectivity index (χ3n) is 3.49. The van der Waals surface area contributed by atoms with Gasteiger partial charge in [0.1, 0.15) is 0 Å². The number of amides is 1. The fourth-order valence-corrected chi connectivity index (χ4v) is 2.82. The zero-order valence-electron chi connectivity index (χ0n) is 13.4. The van der Waals surface area contributed by atoms with Crippen LogP contribution in [-0.4, -0.2) is 18.5 Å². The number of benzene rings is 2. The van der Waals surface area contributed by atoms with Gasteiger partial charge in [-0.15, -0.1) is 0 Å². The summed E-state index contributed by atoms with van der Waals surface area (Å²) in [5, 5.41) is 4.13. The van der Waals surface area contributed by atoms with Crippen molar-refractivity contribution in [1.29, 1.82) is 0 Å². The zero-order valence-corrected chi connectivity index (χ0v) is 15.7. The van der Waals surface area contributed by atoms with Crippen LogP contribution >= 0.6 is 34.8 Å². The molecular weight excluding hydrogens is 385 g/mol. The lowest BCUT2D eigenvalue weighted by molar-refractivity contribution is -0.148. The van der Waals surface area contributed by atoms with Crippen molar-refractivity contribution in [1.82, 2.24) is 5.32 Å². The molecule has 0 saturated carbocycles. The van der Waals surface area contributed by atoms with Crippen LogP contribution in [0, 0.1) is 0 Å². The summed E-state index contributed by atoms with van der Waals surface area (Å²) in [6, 6.07) is 11.8. The van der Waals surface area contributed by atoms with Crippen LogP contribution in [0.15, 0.2) is 42.5 Å². The highest BCUT2D eigenvalue weighted by Gasteiger charge is 2.15. The van der Waals surface area contributed by atoms with Crippen molar-refractivity contribution in [3.63, 3.8) is 0 Å². The molecule has 7 heteroatoms. The van der Waals surface area contributed by atoms with Crippen molar-refractivity contribution in [3.8, 4) is 0 Å². The zero-order chi connectivity index (χ0) is 18.4. The Balaban J connectivity index is 1.83. The van der Waals surface area contributed by atoms with Crippen LogP contribution in [0.25, 0.3) is 0 Å². The topological polar surface area (TPSA) is 55.4 Å². The van der Waals surface area contributed by atoms with Crippen molar-refractivity contribution in [3.05, 3.63) is 68.7 Å². The molecule has 0 fully saturated rings. The molecule has 0 bridgehead atoms. The van der Waals surface area contributed by atoms with E-state index >= 15 is 0 Å². The third-order valence-corrected chi connectivity index (χ3v) is 4.45. The molecule has 1 atom stereocenters. The van der Waals surface area contributed by atoms with Crippen LogP contribution in [0.5, 0.6) is 0 Å². The molecule has 0 spiro atoms. The largest absolute Gasteiger partial charge is 0.455 e. The van der Waals surface area contributed by atoms with Gasteiger partial charge < -0.3 is 10.1 Å². The summed E-state index contributed by atoms with van der Waals surface area (Å²) in [4.78, 5) is 23.8. The number of esters is 1. The van der Waals surface area contributed by atoms with Gasteiger partial charge in [0.15, 0.2) is 6.61 Å². The third kappa shape index (κ3) is 5.92. The summed E-state index contributed by atoms with van der Waals surface area (Å²) in [6.07, 6.45) is -0.0987. The van der Waals surface area contributed by atoms with Crippen LogP contribution in [0.2, 0.25) is 15.1 Å². The summed E-state index contributed by atoms with van der Waals surface area (Å²) in [5.74, 6) is -0.981. The number of nitrogens with one attached hydrogen (secondary N) is 1. The first-order valence-electron chi connectivity index (χ1n) is 7.50. The average Bonchev–Trinajstić information content (AvgIpc) is 2.57. The Morgan fingerprint density at radius 1 is 1.04 bits per heavy atom. The lowest BCUT2D eigenvalue weighted by atomic mass is 10.1. The molecule has 25 heavy (non-hydrogen) atoms. The summed E-state index contributed by atoms with van der Waals surface area (Å²) >= 11 is 17.8. The Morgan fingerprint density at radius 2 is 1.64 bits per heavy atom. The smallest absolute Gasteiger partial charge is 0.310 e. The summed E-state index contributed by atoms with van der Waals surface area (Å²) in [7, 11) is 0. The predicted molar refractivity (Wildman–Crippen MR) is 99.1 cm³/mol. The number of hydrogen-bond acceptors (Lipinski definition) is 3. The van der Waals surface area contributed by atoms with Crippen LogP contribution in [0.1, 0.15) is 24.1 Å². The maximum absolute atomic E-state index is 11.9. The summed E-state index contributed by atoms with van der Waals surface area (Å²) in [6.45, 7) is 1.45. The average molecular weight is 401 g/mol. The van der Waals surface area contributed by atoms with E-state index in [1.165, 1.54) is 0 Å². The maximum Gasteiger partial charge on any atom is 0.310 e. The minimum Gasteiger partial charge on any atom is -0.455 e.